The normalized spacial score (nSPS) is 20.9. The van der Waals surface area contributed by atoms with E-state index in [9.17, 15) is 23.1 Å². The van der Waals surface area contributed by atoms with Gasteiger partial charge >= 0.3 is 0 Å². The molecule has 34 heavy (non-hydrogen) atoms. The molecule has 0 radical (unpaired) electrons. The number of hydrogen-bond donors (Lipinski definition) is 2. The molecule has 1 saturated heterocycles. The van der Waals surface area contributed by atoms with Crippen LogP contribution < -0.4 is 5.32 Å². The second-order valence-electron chi connectivity index (χ2n) is 8.42. The zero-order valence-corrected chi connectivity index (χ0v) is 17.9. The van der Waals surface area contributed by atoms with Gasteiger partial charge in [0.25, 0.3) is 5.91 Å². The highest BCUT2D eigenvalue weighted by Gasteiger charge is 2.53. The third-order valence-corrected chi connectivity index (χ3v) is 6.22. The molecular weight excluding hydrogens is 447 g/mol. The molecule has 2 N–H and O–H groups in total. The van der Waals surface area contributed by atoms with E-state index in [-0.39, 0.29) is 12.1 Å². The highest BCUT2D eigenvalue weighted by Crippen LogP contribution is 2.54. The maximum atomic E-state index is 14.4. The summed E-state index contributed by atoms with van der Waals surface area (Å²) in [5.41, 5.74) is -0.484. The molecule has 2 aromatic heterocycles. The topological polar surface area (TPSA) is 84.3 Å². The van der Waals surface area contributed by atoms with Gasteiger partial charge in [0.05, 0.1) is 35.3 Å². The Morgan fingerprint density at radius 3 is 2.56 bits per heavy atom. The lowest BCUT2D eigenvalue weighted by molar-refractivity contribution is -0.0722. The van der Waals surface area contributed by atoms with Gasteiger partial charge in [0, 0.05) is 18.2 Å². The SMILES string of the molecule is C=C1[C@H](O)C[C@H](c2ccncc2NC(=O)c2ccc(F)c(-c3c(F)cccc3F)n2)OC12CC2. The summed E-state index contributed by atoms with van der Waals surface area (Å²) in [6.45, 7) is 3.95. The number of rotatable bonds is 4. The van der Waals surface area contributed by atoms with Gasteiger partial charge in [-0.3, -0.25) is 9.78 Å². The number of halogens is 3. The minimum atomic E-state index is -0.998. The molecule has 1 aromatic carbocycles. The Labute approximate surface area is 193 Å². The molecule has 3 aromatic rings. The summed E-state index contributed by atoms with van der Waals surface area (Å²) in [6, 6.07) is 6.83. The minimum Gasteiger partial charge on any atom is -0.389 e. The third kappa shape index (κ3) is 3.86. The van der Waals surface area contributed by atoms with Gasteiger partial charge in [-0.2, -0.15) is 0 Å². The number of anilines is 1. The Hall–Kier alpha value is -3.56. The second kappa shape index (κ2) is 8.34. The Morgan fingerprint density at radius 1 is 1.12 bits per heavy atom. The molecule has 1 spiro atoms. The number of ether oxygens (including phenoxy) is 1. The molecular formula is C25H20F3N3O3. The van der Waals surface area contributed by atoms with Crippen molar-refractivity contribution in [3.63, 3.8) is 0 Å². The van der Waals surface area contributed by atoms with Crippen LogP contribution in [-0.2, 0) is 4.74 Å². The van der Waals surface area contributed by atoms with Gasteiger partial charge in [0.15, 0.2) is 0 Å². The first-order valence-corrected chi connectivity index (χ1v) is 10.7. The van der Waals surface area contributed by atoms with Crippen molar-refractivity contribution in [3.05, 3.63) is 89.7 Å². The average Bonchev–Trinajstić information content (AvgIpc) is 3.58. The van der Waals surface area contributed by atoms with Gasteiger partial charge in [-0.1, -0.05) is 12.6 Å². The van der Waals surface area contributed by atoms with E-state index in [1.807, 2.05) is 0 Å². The number of pyridine rings is 2. The van der Waals surface area contributed by atoms with Gasteiger partial charge in [-0.15, -0.1) is 0 Å². The Morgan fingerprint density at radius 2 is 1.85 bits per heavy atom. The van der Waals surface area contributed by atoms with E-state index >= 15 is 0 Å². The number of nitrogens with zero attached hydrogens (tertiary/aromatic N) is 2. The number of hydrogen-bond acceptors (Lipinski definition) is 5. The fraction of sp³-hybridized carbons (Fsp3) is 0.240. The van der Waals surface area contributed by atoms with Crippen LogP contribution in [0, 0.1) is 17.5 Å². The molecule has 5 rings (SSSR count). The minimum absolute atomic E-state index is 0.245. The Kier molecular flexibility index (Phi) is 5.45. The van der Waals surface area contributed by atoms with Gasteiger partial charge in [0.1, 0.15) is 28.8 Å². The summed E-state index contributed by atoms with van der Waals surface area (Å²) < 4.78 is 49.0. The summed E-state index contributed by atoms with van der Waals surface area (Å²) in [7, 11) is 0. The van der Waals surface area contributed by atoms with Crippen LogP contribution in [0.25, 0.3) is 11.3 Å². The van der Waals surface area contributed by atoms with E-state index in [1.54, 1.807) is 12.3 Å². The van der Waals surface area contributed by atoms with E-state index in [0.717, 1.165) is 43.2 Å². The highest BCUT2D eigenvalue weighted by atomic mass is 19.1. The summed E-state index contributed by atoms with van der Waals surface area (Å²) in [5, 5.41) is 13.1. The first-order chi connectivity index (χ1) is 16.3. The summed E-state index contributed by atoms with van der Waals surface area (Å²) in [6.07, 6.45) is 3.51. The molecule has 3 heterocycles. The van der Waals surface area contributed by atoms with Crippen molar-refractivity contribution in [2.45, 2.75) is 37.1 Å². The number of carbonyl (C=O) groups excluding carboxylic acids is 1. The van der Waals surface area contributed by atoms with Crippen LogP contribution in [0.15, 0.2) is 60.9 Å². The first kappa shape index (κ1) is 22.2. The third-order valence-electron chi connectivity index (χ3n) is 6.22. The maximum absolute atomic E-state index is 14.4. The molecule has 1 amide bonds. The number of aliphatic hydroxyl groups excluding tert-OH is 1. The average molecular weight is 467 g/mol. The van der Waals surface area contributed by atoms with E-state index in [1.165, 1.54) is 6.20 Å². The van der Waals surface area contributed by atoms with E-state index in [0.29, 0.717) is 16.8 Å². The fourth-order valence-corrected chi connectivity index (χ4v) is 4.23. The maximum Gasteiger partial charge on any atom is 0.274 e. The number of aliphatic hydroxyl groups is 1. The molecule has 2 atom stereocenters. The largest absolute Gasteiger partial charge is 0.389 e. The monoisotopic (exact) mass is 467 g/mol. The van der Waals surface area contributed by atoms with Crippen molar-refractivity contribution in [2.75, 3.05) is 5.32 Å². The smallest absolute Gasteiger partial charge is 0.274 e. The molecule has 6 nitrogen and oxygen atoms in total. The highest BCUT2D eigenvalue weighted by molar-refractivity contribution is 6.03. The van der Waals surface area contributed by atoms with E-state index in [2.05, 4.69) is 21.9 Å². The molecule has 0 bridgehead atoms. The fourth-order valence-electron chi connectivity index (χ4n) is 4.23. The molecule has 9 heteroatoms. The van der Waals surface area contributed by atoms with Gasteiger partial charge in [0.2, 0.25) is 0 Å². The van der Waals surface area contributed by atoms with Crippen molar-refractivity contribution in [2.24, 2.45) is 0 Å². The van der Waals surface area contributed by atoms with Crippen LogP contribution in [0.3, 0.4) is 0 Å². The van der Waals surface area contributed by atoms with Gasteiger partial charge < -0.3 is 15.2 Å². The first-order valence-electron chi connectivity index (χ1n) is 10.7. The van der Waals surface area contributed by atoms with E-state index < -0.39 is 52.4 Å². The van der Waals surface area contributed by atoms with Crippen LogP contribution >= 0.6 is 0 Å². The van der Waals surface area contributed by atoms with Crippen LogP contribution in [0.5, 0.6) is 0 Å². The molecule has 0 unspecified atom stereocenters. The molecule has 174 valence electrons. The molecule has 2 aliphatic rings. The van der Waals surface area contributed by atoms with Crippen molar-refractivity contribution in [1.29, 1.82) is 0 Å². The van der Waals surface area contributed by atoms with Crippen LogP contribution in [0.1, 0.15) is 41.4 Å². The molecule has 2 fully saturated rings. The van der Waals surface area contributed by atoms with Crippen molar-refractivity contribution < 1.29 is 27.8 Å². The van der Waals surface area contributed by atoms with Crippen LogP contribution in [0.2, 0.25) is 0 Å². The summed E-state index contributed by atoms with van der Waals surface area (Å²) in [5.74, 6) is -3.69. The second-order valence-corrected chi connectivity index (χ2v) is 8.42. The lowest BCUT2D eigenvalue weighted by Crippen LogP contribution is -2.35. The predicted octanol–water partition coefficient (Wildman–Crippen LogP) is 4.72. The zero-order chi connectivity index (χ0) is 24.0. The summed E-state index contributed by atoms with van der Waals surface area (Å²) in [4.78, 5) is 20.9. The number of benzene rings is 1. The predicted molar refractivity (Wildman–Crippen MR) is 117 cm³/mol. The Balaban J connectivity index is 1.44. The number of aromatic nitrogens is 2. The number of nitrogens with one attached hydrogen (secondary N) is 1. The van der Waals surface area contributed by atoms with Crippen molar-refractivity contribution in [1.82, 2.24) is 9.97 Å². The molecule has 1 aliphatic heterocycles. The van der Waals surface area contributed by atoms with Gasteiger partial charge in [-0.05, 0) is 48.7 Å². The van der Waals surface area contributed by atoms with E-state index in [4.69, 9.17) is 4.74 Å². The standard InChI is InChI=1S/C25H20F3N3O3/c1-13-20(32)11-21(34-25(13)8-9-25)14-7-10-29-12-19(14)31-24(33)18-6-5-17(28)23(30-18)22-15(26)3-2-4-16(22)27/h2-7,10,12,20-21,32H,1,8-9,11H2,(H,31,33)/t20-,21-/m1/s1. The molecule has 1 saturated carbocycles. The number of carbonyl (C=O) groups is 1. The zero-order valence-electron chi connectivity index (χ0n) is 17.9. The van der Waals surface area contributed by atoms with Crippen LogP contribution in [-0.4, -0.2) is 32.7 Å². The van der Waals surface area contributed by atoms with Crippen LogP contribution in [0.4, 0.5) is 18.9 Å². The number of amides is 1. The Bertz CT molecular complexity index is 1290. The summed E-state index contributed by atoms with van der Waals surface area (Å²) >= 11 is 0. The lowest BCUT2D eigenvalue weighted by Gasteiger charge is -2.36. The lowest BCUT2D eigenvalue weighted by atomic mass is 9.91. The quantitative estimate of drug-likeness (QED) is 0.543. The van der Waals surface area contributed by atoms with Gasteiger partial charge in [-0.25, -0.2) is 18.2 Å². The van der Waals surface area contributed by atoms with Crippen molar-refractivity contribution in [3.8, 4) is 11.3 Å². The molecule has 1 aliphatic carbocycles. The van der Waals surface area contributed by atoms with Crippen molar-refractivity contribution >= 4 is 11.6 Å².